The largest absolute Gasteiger partial charge is 0.399 e. The molecule has 0 saturated carbocycles. The van der Waals surface area contributed by atoms with Gasteiger partial charge in [0.1, 0.15) is 0 Å². The highest BCUT2D eigenvalue weighted by Crippen LogP contribution is 2.42. The number of amides is 1. The number of nitrogens with zero attached hydrogens (tertiary/aromatic N) is 1. The van der Waals surface area contributed by atoms with Gasteiger partial charge in [0, 0.05) is 17.9 Å². The minimum absolute atomic E-state index is 0.112. The molecule has 1 aliphatic heterocycles. The molecular formula is C14H18N2O. The second kappa shape index (κ2) is 3.62. The maximum absolute atomic E-state index is 12.4. The van der Waals surface area contributed by atoms with Crippen molar-refractivity contribution in [2.45, 2.75) is 26.2 Å². The molecule has 1 heterocycles. The molecule has 0 aliphatic carbocycles. The van der Waals surface area contributed by atoms with E-state index in [-0.39, 0.29) is 5.91 Å². The normalized spacial score (nSPS) is 17.1. The van der Waals surface area contributed by atoms with Gasteiger partial charge in [0.15, 0.2) is 0 Å². The van der Waals surface area contributed by atoms with E-state index in [0.717, 1.165) is 16.8 Å². The second-order valence-corrected chi connectivity index (χ2v) is 5.25. The summed E-state index contributed by atoms with van der Waals surface area (Å²) >= 11 is 0. The quantitative estimate of drug-likeness (QED) is 0.626. The highest BCUT2D eigenvalue weighted by atomic mass is 16.2. The van der Waals surface area contributed by atoms with Crippen LogP contribution in [-0.4, -0.2) is 12.5 Å². The van der Waals surface area contributed by atoms with Crippen molar-refractivity contribution in [3.8, 4) is 0 Å². The van der Waals surface area contributed by atoms with Crippen molar-refractivity contribution in [1.82, 2.24) is 0 Å². The molecule has 17 heavy (non-hydrogen) atoms. The lowest BCUT2D eigenvalue weighted by molar-refractivity contribution is -0.122. The first-order valence-electron chi connectivity index (χ1n) is 5.70. The Bertz CT molecular complexity index is 503. The molecule has 0 fully saturated rings. The molecule has 0 unspecified atom stereocenters. The lowest BCUT2D eigenvalue weighted by atomic mass is 9.86. The number of nitrogens with two attached hydrogens (primary N) is 1. The predicted octanol–water partition coefficient (Wildman–Crippen LogP) is 2.47. The first kappa shape index (κ1) is 11.7. The standard InChI is InChI=1S/C14H18N2O/c1-9(2)8-16-12-6-5-10(15)7-11(12)14(3,4)13(16)17/h5-7H,1,8,15H2,2-4H3. The fraction of sp³-hybridized carbons (Fsp3) is 0.357. The number of hydrogen-bond acceptors (Lipinski definition) is 2. The fourth-order valence-electron chi connectivity index (χ4n) is 2.28. The van der Waals surface area contributed by atoms with Gasteiger partial charge in [0.05, 0.1) is 5.41 Å². The smallest absolute Gasteiger partial charge is 0.237 e. The van der Waals surface area contributed by atoms with E-state index in [9.17, 15) is 4.79 Å². The van der Waals surface area contributed by atoms with Crippen LogP contribution < -0.4 is 10.6 Å². The monoisotopic (exact) mass is 230 g/mol. The zero-order chi connectivity index (χ0) is 12.8. The summed E-state index contributed by atoms with van der Waals surface area (Å²) in [4.78, 5) is 14.2. The summed E-state index contributed by atoms with van der Waals surface area (Å²) in [6.07, 6.45) is 0. The van der Waals surface area contributed by atoms with Crippen molar-refractivity contribution < 1.29 is 4.79 Å². The molecule has 0 atom stereocenters. The summed E-state index contributed by atoms with van der Waals surface area (Å²) in [5.74, 6) is 0.112. The highest BCUT2D eigenvalue weighted by Gasteiger charge is 2.43. The average molecular weight is 230 g/mol. The van der Waals surface area contributed by atoms with Crippen LogP contribution in [0.1, 0.15) is 26.3 Å². The van der Waals surface area contributed by atoms with Crippen LogP contribution in [0.3, 0.4) is 0 Å². The molecule has 2 N–H and O–H groups in total. The number of rotatable bonds is 2. The number of anilines is 2. The minimum atomic E-state index is -0.500. The minimum Gasteiger partial charge on any atom is -0.399 e. The van der Waals surface area contributed by atoms with E-state index in [4.69, 9.17) is 5.73 Å². The van der Waals surface area contributed by atoms with Crippen molar-refractivity contribution in [3.05, 3.63) is 35.9 Å². The van der Waals surface area contributed by atoms with Crippen molar-refractivity contribution >= 4 is 17.3 Å². The van der Waals surface area contributed by atoms with E-state index in [2.05, 4.69) is 6.58 Å². The zero-order valence-corrected chi connectivity index (χ0v) is 10.6. The third-order valence-electron chi connectivity index (χ3n) is 3.19. The Morgan fingerprint density at radius 1 is 1.47 bits per heavy atom. The van der Waals surface area contributed by atoms with E-state index in [1.54, 1.807) is 4.90 Å². The third kappa shape index (κ3) is 1.71. The molecule has 0 saturated heterocycles. The van der Waals surface area contributed by atoms with Gasteiger partial charge in [0.2, 0.25) is 5.91 Å². The first-order chi connectivity index (χ1) is 7.84. The summed E-state index contributed by atoms with van der Waals surface area (Å²) in [5.41, 5.74) is 8.92. The highest BCUT2D eigenvalue weighted by molar-refractivity contribution is 6.08. The zero-order valence-electron chi connectivity index (χ0n) is 10.6. The van der Waals surface area contributed by atoms with E-state index in [1.165, 1.54) is 0 Å². The molecule has 1 aromatic rings. The Labute approximate surface area is 102 Å². The Hall–Kier alpha value is -1.77. The van der Waals surface area contributed by atoms with E-state index in [0.29, 0.717) is 12.2 Å². The molecule has 2 rings (SSSR count). The van der Waals surface area contributed by atoms with Crippen LogP contribution in [0.2, 0.25) is 0 Å². The van der Waals surface area contributed by atoms with Crippen molar-refractivity contribution in [2.75, 3.05) is 17.2 Å². The topological polar surface area (TPSA) is 46.3 Å². The summed E-state index contributed by atoms with van der Waals surface area (Å²) < 4.78 is 0. The van der Waals surface area contributed by atoms with Gasteiger partial charge in [-0.1, -0.05) is 12.2 Å². The molecule has 90 valence electrons. The fourth-order valence-corrected chi connectivity index (χ4v) is 2.28. The number of hydrogen-bond donors (Lipinski definition) is 1. The van der Waals surface area contributed by atoms with Crippen molar-refractivity contribution in [1.29, 1.82) is 0 Å². The van der Waals surface area contributed by atoms with Crippen LogP contribution in [0, 0.1) is 0 Å². The van der Waals surface area contributed by atoms with E-state index in [1.807, 2.05) is 39.0 Å². The first-order valence-corrected chi connectivity index (χ1v) is 5.70. The van der Waals surface area contributed by atoms with Crippen molar-refractivity contribution in [2.24, 2.45) is 0 Å². The maximum Gasteiger partial charge on any atom is 0.237 e. The molecule has 0 bridgehead atoms. The number of fused-ring (bicyclic) bond motifs is 1. The molecule has 1 aromatic carbocycles. The summed E-state index contributed by atoms with van der Waals surface area (Å²) in [6, 6.07) is 5.64. The van der Waals surface area contributed by atoms with E-state index < -0.39 is 5.41 Å². The van der Waals surface area contributed by atoms with Gasteiger partial charge >= 0.3 is 0 Å². The predicted molar refractivity (Wildman–Crippen MR) is 71.0 cm³/mol. The number of nitrogen functional groups attached to an aromatic ring is 1. The van der Waals surface area contributed by atoms with Gasteiger partial charge in [-0.15, -0.1) is 0 Å². The maximum atomic E-state index is 12.4. The Balaban J connectivity index is 2.55. The lowest BCUT2D eigenvalue weighted by Gasteiger charge is -2.20. The van der Waals surface area contributed by atoms with Crippen LogP contribution in [0.4, 0.5) is 11.4 Å². The molecular weight excluding hydrogens is 212 g/mol. The average Bonchev–Trinajstić information content (AvgIpc) is 2.40. The summed E-state index contributed by atoms with van der Waals surface area (Å²) in [6.45, 7) is 10.2. The molecule has 0 aromatic heterocycles. The van der Waals surface area contributed by atoms with Crippen LogP contribution in [0.15, 0.2) is 30.4 Å². The molecule has 1 amide bonds. The molecule has 1 aliphatic rings. The van der Waals surface area contributed by atoms with Crippen LogP contribution >= 0.6 is 0 Å². The second-order valence-electron chi connectivity index (χ2n) is 5.25. The summed E-state index contributed by atoms with van der Waals surface area (Å²) in [7, 11) is 0. The van der Waals surface area contributed by atoms with Gasteiger partial charge in [-0.05, 0) is 44.5 Å². The Morgan fingerprint density at radius 2 is 2.12 bits per heavy atom. The van der Waals surface area contributed by atoms with Crippen LogP contribution in [-0.2, 0) is 10.2 Å². The lowest BCUT2D eigenvalue weighted by Crippen LogP contribution is -2.36. The van der Waals surface area contributed by atoms with Crippen LogP contribution in [0.5, 0.6) is 0 Å². The molecule has 3 heteroatoms. The Kier molecular flexibility index (Phi) is 2.49. The van der Waals surface area contributed by atoms with Gasteiger partial charge in [-0.25, -0.2) is 0 Å². The van der Waals surface area contributed by atoms with E-state index >= 15 is 0 Å². The van der Waals surface area contributed by atoms with Gasteiger partial charge in [-0.2, -0.15) is 0 Å². The van der Waals surface area contributed by atoms with Crippen LogP contribution in [0.25, 0.3) is 0 Å². The third-order valence-corrected chi connectivity index (χ3v) is 3.19. The summed E-state index contributed by atoms with van der Waals surface area (Å²) in [5, 5.41) is 0. The van der Waals surface area contributed by atoms with Gasteiger partial charge < -0.3 is 10.6 Å². The Morgan fingerprint density at radius 3 is 2.71 bits per heavy atom. The van der Waals surface area contributed by atoms with Gasteiger partial charge in [-0.3, -0.25) is 4.79 Å². The number of benzene rings is 1. The molecule has 0 spiro atoms. The molecule has 3 nitrogen and oxygen atoms in total. The SMILES string of the molecule is C=C(C)CN1C(=O)C(C)(C)c2cc(N)ccc21. The number of carbonyl (C=O) groups excluding carboxylic acids is 1. The van der Waals surface area contributed by atoms with Crippen molar-refractivity contribution in [3.63, 3.8) is 0 Å². The number of carbonyl (C=O) groups is 1. The molecule has 0 radical (unpaired) electrons. The van der Waals surface area contributed by atoms with Gasteiger partial charge in [0.25, 0.3) is 0 Å².